The van der Waals surface area contributed by atoms with Crippen LogP contribution in [0.4, 0.5) is 13.2 Å². The van der Waals surface area contributed by atoms with Gasteiger partial charge in [-0.1, -0.05) is 12.1 Å². The van der Waals surface area contributed by atoms with E-state index in [9.17, 15) is 18.0 Å². The molecule has 1 aromatic heterocycles. The molecule has 1 N–H and O–H groups in total. The van der Waals surface area contributed by atoms with E-state index in [1.165, 1.54) is 24.4 Å². The Balaban J connectivity index is 1.50. The minimum Gasteiger partial charge on any atom is -0.348 e. The maximum Gasteiger partial charge on any atom is 0.418 e. The molecule has 0 unspecified atom stereocenters. The van der Waals surface area contributed by atoms with Crippen LogP contribution < -0.4 is 5.32 Å². The second kappa shape index (κ2) is 6.96. The molecular formula is C20H20F3N3O. The topological polar surface area (TPSA) is 45.2 Å². The highest BCUT2D eigenvalue weighted by molar-refractivity contribution is 5.95. The smallest absolute Gasteiger partial charge is 0.348 e. The molecule has 2 bridgehead atoms. The molecule has 3 fully saturated rings. The van der Waals surface area contributed by atoms with Crippen LogP contribution >= 0.6 is 0 Å². The number of pyridine rings is 1. The summed E-state index contributed by atoms with van der Waals surface area (Å²) in [6.07, 6.45) is -0.943. The maximum absolute atomic E-state index is 13.2. The zero-order chi connectivity index (χ0) is 19.0. The normalized spacial score (nSPS) is 24.6. The molecule has 3 saturated heterocycles. The number of benzene rings is 1. The van der Waals surface area contributed by atoms with Crippen LogP contribution in [0.5, 0.6) is 0 Å². The van der Waals surface area contributed by atoms with Crippen LogP contribution in [0.15, 0.2) is 42.6 Å². The lowest BCUT2D eigenvalue weighted by molar-refractivity contribution is -0.137. The van der Waals surface area contributed by atoms with Gasteiger partial charge in [0.05, 0.1) is 11.3 Å². The van der Waals surface area contributed by atoms with Crippen molar-refractivity contribution in [3.05, 3.63) is 53.7 Å². The van der Waals surface area contributed by atoms with Crippen LogP contribution in [-0.4, -0.2) is 41.5 Å². The molecule has 0 aliphatic carbocycles. The fraction of sp³-hybridized carbons (Fsp3) is 0.400. The summed E-state index contributed by atoms with van der Waals surface area (Å²) in [4.78, 5) is 18.8. The van der Waals surface area contributed by atoms with Gasteiger partial charge in [0.2, 0.25) is 0 Å². The van der Waals surface area contributed by atoms with Crippen LogP contribution in [-0.2, 0) is 6.18 Å². The summed E-state index contributed by atoms with van der Waals surface area (Å²) >= 11 is 0. The van der Waals surface area contributed by atoms with Gasteiger partial charge >= 0.3 is 6.18 Å². The number of fused-ring (bicyclic) bond motifs is 3. The summed E-state index contributed by atoms with van der Waals surface area (Å²) < 4.78 is 39.5. The average molecular weight is 375 g/mol. The second-order valence-corrected chi connectivity index (χ2v) is 7.19. The molecule has 3 aliphatic heterocycles. The van der Waals surface area contributed by atoms with Crippen molar-refractivity contribution in [2.45, 2.75) is 25.1 Å². The predicted molar refractivity (Wildman–Crippen MR) is 95.1 cm³/mol. The van der Waals surface area contributed by atoms with Gasteiger partial charge in [-0.25, -0.2) is 0 Å². The number of carbonyl (C=O) groups is 1. The fourth-order valence-corrected chi connectivity index (χ4v) is 4.02. The number of nitrogens with zero attached hydrogens (tertiary/aromatic N) is 2. The van der Waals surface area contributed by atoms with Crippen LogP contribution in [0.1, 0.15) is 28.8 Å². The zero-order valence-electron chi connectivity index (χ0n) is 14.7. The lowest BCUT2D eigenvalue weighted by Gasteiger charge is -2.44. The van der Waals surface area contributed by atoms with E-state index in [1.807, 2.05) is 0 Å². The van der Waals surface area contributed by atoms with Crippen LogP contribution in [0.3, 0.4) is 0 Å². The first-order valence-electron chi connectivity index (χ1n) is 9.08. The van der Waals surface area contributed by atoms with E-state index in [-0.39, 0.29) is 17.6 Å². The molecule has 0 spiro atoms. The van der Waals surface area contributed by atoms with Crippen molar-refractivity contribution in [3.63, 3.8) is 0 Å². The second-order valence-electron chi connectivity index (χ2n) is 7.19. The van der Waals surface area contributed by atoms with Gasteiger partial charge in [0, 0.05) is 29.9 Å². The minimum atomic E-state index is -4.48. The van der Waals surface area contributed by atoms with Crippen molar-refractivity contribution in [3.8, 4) is 11.3 Å². The maximum atomic E-state index is 13.2. The summed E-state index contributed by atoms with van der Waals surface area (Å²) in [6.45, 7) is 3.06. The highest BCUT2D eigenvalue weighted by Gasteiger charge is 2.35. The van der Waals surface area contributed by atoms with Crippen molar-refractivity contribution in [1.82, 2.24) is 15.2 Å². The SMILES string of the molecule is O=C(N[C@H]1CN2CCC1CC2)c1ccc(-c2ncccc2C(F)(F)F)cc1. The Kier molecular flexibility index (Phi) is 4.63. The van der Waals surface area contributed by atoms with Crippen molar-refractivity contribution in [2.75, 3.05) is 19.6 Å². The number of piperidine rings is 3. The monoisotopic (exact) mass is 375 g/mol. The van der Waals surface area contributed by atoms with E-state index >= 15 is 0 Å². The molecule has 27 heavy (non-hydrogen) atoms. The molecule has 0 radical (unpaired) electrons. The van der Waals surface area contributed by atoms with E-state index in [2.05, 4.69) is 15.2 Å². The largest absolute Gasteiger partial charge is 0.418 e. The third-order valence-corrected chi connectivity index (χ3v) is 5.51. The standard InChI is InChI=1S/C20H20F3N3O/c21-20(22,23)16-2-1-9-24-18(16)14-3-5-15(6-4-14)19(27)25-17-12-26-10-7-13(17)8-11-26/h1-6,9,13,17H,7-8,10-12H2,(H,25,27)/t17-/m0/s1. The van der Waals surface area contributed by atoms with Gasteiger partial charge in [-0.3, -0.25) is 9.78 Å². The van der Waals surface area contributed by atoms with Crippen molar-refractivity contribution in [1.29, 1.82) is 0 Å². The summed E-state index contributed by atoms with van der Waals surface area (Å²) in [5.74, 6) is 0.332. The summed E-state index contributed by atoms with van der Waals surface area (Å²) in [5, 5.41) is 3.09. The van der Waals surface area contributed by atoms with Crippen LogP contribution in [0, 0.1) is 5.92 Å². The first-order valence-corrected chi connectivity index (χ1v) is 9.08. The molecule has 0 saturated carbocycles. The Morgan fingerprint density at radius 3 is 2.41 bits per heavy atom. The Morgan fingerprint density at radius 2 is 1.81 bits per heavy atom. The number of nitrogens with one attached hydrogen (secondary N) is 1. The zero-order valence-corrected chi connectivity index (χ0v) is 14.7. The van der Waals surface area contributed by atoms with E-state index < -0.39 is 11.7 Å². The molecule has 4 heterocycles. The first-order chi connectivity index (χ1) is 12.9. The van der Waals surface area contributed by atoms with E-state index in [1.54, 1.807) is 12.1 Å². The molecule has 2 aromatic rings. The van der Waals surface area contributed by atoms with Crippen LogP contribution in [0.2, 0.25) is 0 Å². The molecule has 3 aliphatic rings. The number of carbonyl (C=O) groups excluding carboxylic acids is 1. The van der Waals surface area contributed by atoms with Gasteiger partial charge in [0.1, 0.15) is 0 Å². The van der Waals surface area contributed by atoms with Gasteiger partial charge < -0.3 is 10.2 Å². The molecule has 142 valence electrons. The third kappa shape index (κ3) is 3.69. The molecule has 1 aromatic carbocycles. The molecule has 5 rings (SSSR count). The quantitative estimate of drug-likeness (QED) is 0.892. The lowest BCUT2D eigenvalue weighted by Crippen LogP contribution is -2.57. The minimum absolute atomic E-state index is 0.130. The summed E-state index contributed by atoms with van der Waals surface area (Å²) in [5.41, 5.74) is -0.133. The van der Waals surface area contributed by atoms with Gasteiger partial charge in [-0.15, -0.1) is 0 Å². The number of alkyl halides is 3. The van der Waals surface area contributed by atoms with E-state index in [0.29, 0.717) is 17.0 Å². The Labute approximate surface area is 155 Å². The lowest BCUT2D eigenvalue weighted by atomic mass is 9.84. The van der Waals surface area contributed by atoms with Crippen LogP contribution in [0.25, 0.3) is 11.3 Å². The van der Waals surface area contributed by atoms with Crippen molar-refractivity contribution >= 4 is 5.91 Å². The molecule has 4 nitrogen and oxygen atoms in total. The molecule has 1 amide bonds. The molecule has 1 atom stereocenters. The number of rotatable bonds is 3. The Hall–Kier alpha value is -2.41. The number of hydrogen-bond acceptors (Lipinski definition) is 3. The highest BCUT2D eigenvalue weighted by Crippen LogP contribution is 2.35. The molecular weight excluding hydrogens is 355 g/mol. The fourth-order valence-electron chi connectivity index (χ4n) is 4.02. The number of aromatic nitrogens is 1. The Bertz CT molecular complexity index is 827. The predicted octanol–water partition coefficient (Wildman–Crippen LogP) is 3.59. The third-order valence-electron chi connectivity index (χ3n) is 5.51. The Morgan fingerprint density at radius 1 is 1.11 bits per heavy atom. The van der Waals surface area contributed by atoms with E-state index in [0.717, 1.165) is 38.5 Å². The van der Waals surface area contributed by atoms with Gasteiger partial charge in [-0.2, -0.15) is 13.2 Å². The first kappa shape index (κ1) is 18.0. The number of amides is 1. The van der Waals surface area contributed by atoms with Crippen molar-refractivity contribution in [2.24, 2.45) is 5.92 Å². The molecule has 7 heteroatoms. The average Bonchev–Trinajstić information content (AvgIpc) is 2.68. The number of halogens is 3. The number of hydrogen-bond donors (Lipinski definition) is 1. The summed E-state index contributed by atoms with van der Waals surface area (Å²) in [7, 11) is 0. The highest BCUT2D eigenvalue weighted by atomic mass is 19.4. The van der Waals surface area contributed by atoms with Crippen molar-refractivity contribution < 1.29 is 18.0 Å². The van der Waals surface area contributed by atoms with Gasteiger partial charge in [0.25, 0.3) is 5.91 Å². The van der Waals surface area contributed by atoms with Gasteiger partial charge in [0.15, 0.2) is 0 Å². The van der Waals surface area contributed by atoms with Gasteiger partial charge in [-0.05, 0) is 56.1 Å². The summed E-state index contributed by atoms with van der Waals surface area (Å²) in [6, 6.07) is 8.57. The van der Waals surface area contributed by atoms with E-state index in [4.69, 9.17) is 0 Å².